The molecular formula is C16H13Cl2N3. The highest BCUT2D eigenvalue weighted by molar-refractivity contribution is 6.31. The minimum atomic E-state index is 0.647. The molecule has 0 aliphatic rings. The van der Waals surface area contributed by atoms with E-state index in [0.717, 1.165) is 32.9 Å². The molecule has 21 heavy (non-hydrogen) atoms. The Hall–Kier alpha value is -1.84. The fourth-order valence-corrected chi connectivity index (χ4v) is 2.49. The number of aryl methyl sites for hydroxylation is 1. The highest BCUT2D eigenvalue weighted by Crippen LogP contribution is 2.28. The number of nitrogens with zero attached hydrogens (tertiary/aromatic N) is 2. The van der Waals surface area contributed by atoms with Crippen molar-refractivity contribution in [1.82, 2.24) is 9.97 Å². The predicted molar refractivity (Wildman–Crippen MR) is 89.3 cm³/mol. The Morgan fingerprint density at radius 3 is 2.52 bits per heavy atom. The van der Waals surface area contributed by atoms with Gasteiger partial charge in [-0.15, -0.1) is 0 Å². The van der Waals surface area contributed by atoms with Crippen molar-refractivity contribution in [1.29, 1.82) is 0 Å². The largest absolute Gasteiger partial charge is 0.373 e. The van der Waals surface area contributed by atoms with Crippen molar-refractivity contribution in [2.75, 3.05) is 12.4 Å². The van der Waals surface area contributed by atoms with E-state index in [9.17, 15) is 0 Å². The van der Waals surface area contributed by atoms with Crippen molar-refractivity contribution in [3.8, 4) is 11.4 Å². The third kappa shape index (κ3) is 2.67. The minimum Gasteiger partial charge on any atom is -0.373 e. The molecule has 0 fully saturated rings. The lowest BCUT2D eigenvalue weighted by Gasteiger charge is -2.09. The Balaban J connectivity index is 2.24. The van der Waals surface area contributed by atoms with Gasteiger partial charge in [0.15, 0.2) is 5.82 Å². The van der Waals surface area contributed by atoms with Crippen molar-refractivity contribution in [2.24, 2.45) is 0 Å². The average molecular weight is 318 g/mol. The molecule has 0 bridgehead atoms. The van der Waals surface area contributed by atoms with Gasteiger partial charge < -0.3 is 5.32 Å². The number of hydrogen-bond donors (Lipinski definition) is 1. The Bertz CT molecular complexity index is 831. The molecule has 1 N–H and O–H groups in total. The van der Waals surface area contributed by atoms with Gasteiger partial charge in [-0.25, -0.2) is 9.97 Å². The maximum Gasteiger partial charge on any atom is 0.162 e. The lowest BCUT2D eigenvalue weighted by atomic mass is 10.1. The molecule has 0 aliphatic carbocycles. The molecule has 0 spiro atoms. The molecule has 0 saturated heterocycles. The van der Waals surface area contributed by atoms with Crippen LogP contribution < -0.4 is 5.32 Å². The number of aromatic nitrogens is 2. The first-order valence-electron chi connectivity index (χ1n) is 6.50. The van der Waals surface area contributed by atoms with Crippen LogP contribution in [0, 0.1) is 6.92 Å². The zero-order chi connectivity index (χ0) is 15.0. The number of anilines is 1. The number of benzene rings is 2. The van der Waals surface area contributed by atoms with Gasteiger partial charge >= 0.3 is 0 Å². The number of fused-ring (bicyclic) bond motifs is 1. The summed E-state index contributed by atoms with van der Waals surface area (Å²) in [4.78, 5) is 9.19. The van der Waals surface area contributed by atoms with Crippen LogP contribution in [0.1, 0.15) is 5.56 Å². The van der Waals surface area contributed by atoms with Gasteiger partial charge in [-0.3, -0.25) is 0 Å². The van der Waals surface area contributed by atoms with Crippen molar-refractivity contribution in [3.63, 3.8) is 0 Å². The van der Waals surface area contributed by atoms with Crippen LogP contribution in [-0.2, 0) is 0 Å². The molecule has 0 unspecified atom stereocenters. The van der Waals surface area contributed by atoms with E-state index >= 15 is 0 Å². The van der Waals surface area contributed by atoms with Gasteiger partial charge in [0.25, 0.3) is 0 Å². The predicted octanol–water partition coefficient (Wildman–Crippen LogP) is 4.95. The van der Waals surface area contributed by atoms with Crippen LogP contribution in [0.15, 0.2) is 36.4 Å². The van der Waals surface area contributed by atoms with Crippen molar-refractivity contribution in [3.05, 3.63) is 52.0 Å². The average Bonchev–Trinajstić information content (AvgIpc) is 2.48. The van der Waals surface area contributed by atoms with Gasteiger partial charge in [0.2, 0.25) is 0 Å². The van der Waals surface area contributed by atoms with E-state index in [2.05, 4.69) is 15.3 Å². The molecule has 0 amide bonds. The summed E-state index contributed by atoms with van der Waals surface area (Å²) in [6.45, 7) is 1.96. The second kappa shape index (κ2) is 5.51. The molecule has 0 aliphatic heterocycles. The first-order valence-corrected chi connectivity index (χ1v) is 7.25. The lowest BCUT2D eigenvalue weighted by Crippen LogP contribution is -1.99. The van der Waals surface area contributed by atoms with Gasteiger partial charge in [0, 0.05) is 28.0 Å². The standard InChI is InChI=1S/C16H13Cl2N3/c1-9-7-10(3-6-13(9)18)15-20-14-8-11(17)4-5-12(14)16(19-2)21-15/h3-8H,1-2H3,(H,19,20,21). The molecule has 2 aromatic carbocycles. The molecule has 3 aromatic rings. The zero-order valence-electron chi connectivity index (χ0n) is 11.6. The summed E-state index contributed by atoms with van der Waals surface area (Å²) < 4.78 is 0. The van der Waals surface area contributed by atoms with E-state index in [-0.39, 0.29) is 0 Å². The number of nitrogens with one attached hydrogen (secondary N) is 1. The molecule has 1 heterocycles. The Labute approximate surface area is 132 Å². The molecule has 3 nitrogen and oxygen atoms in total. The van der Waals surface area contributed by atoms with Crippen molar-refractivity contribution >= 4 is 39.9 Å². The van der Waals surface area contributed by atoms with E-state index in [1.54, 1.807) is 0 Å². The maximum atomic E-state index is 6.07. The second-order valence-corrected chi connectivity index (χ2v) is 5.61. The van der Waals surface area contributed by atoms with Crippen LogP contribution in [0.5, 0.6) is 0 Å². The Morgan fingerprint density at radius 2 is 1.81 bits per heavy atom. The molecule has 5 heteroatoms. The molecule has 1 aromatic heterocycles. The first kappa shape index (κ1) is 14.1. The summed E-state index contributed by atoms with van der Waals surface area (Å²) in [5.74, 6) is 1.42. The summed E-state index contributed by atoms with van der Waals surface area (Å²) in [7, 11) is 1.84. The van der Waals surface area contributed by atoms with Crippen LogP contribution in [0.3, 0.4) is 0 Å². The third-order valence-electron chi connectivity index (χ3n) is 3.31. The monoisotopic (exact) mass is 317 g/mol. The lowest BCUT2D eigenvalue weighted by molar-refractivity contribution is 1.21. The van der Waals surface area contributed by atoms with Gasteiger partial charge in [-0.2, -0.15) is 0 Å². The minimum absolute atomic E-state index is 0.647. The van der Waals surface area contributed by atoms with E-state index < -0.39 is 0 Å². The molecule has 0 radical (unpaired) electrons. The van der Waals surface area contributed by atoms with E-state index in [1.807, 2.05) is 50.4 Å². The van der Waals surface area contributed by atoms with Crippen molar-refractivity contribution in [2.45, 2.75) is 6.92 Å². The van der Waals surface area contributed by atoms with Gasteiger partial charge in [0.05, 0.1) is 5.52 Å². The molecule has 106 valence electrons. The summed E-state index contributed by atoms with van der Waals surface area (Å²) >= 11 is 12.1. The molecule has 0 atom stereocenters. The van der Waals surface area contributed by atoms with Gasteiger partial charge in [-0.1, -0.05) is 23.2 Å². The van der Waals surface area contributed by atoms with Gasteiger partial charge in [0.1, 0.15) is 5.82 Å². The summed E-state index contributed by atoms with van der Waals surface area (Å²) in [6.07, 6.45) is 0. The van der Waals surface area contributed by atoms with E-state index in [1.165, 1.54) is 0 Å². The topological polar surface area (TPSA) is 37.8 Å². The number of rotatable bonds is 2. The van der Waals surface area contributed by atoms with Crippen LogP contribution in [0.2, 0.25) is 10.0 Å². The van der Waals surface area contributed by atoms with Crippen molar-refractivity contribution < 1.29 is 0 Å². The normalized spacial score (nSPS) is 10.9. The fraction of sp³-hybridized carbons (Fsp3) is 0.125. The van der Waals surface area contributed by atoms with Crippen LogP contribution in [0.25, 0.3) is 22.3 Å². The third-order valence-corrected chi connectivity index (χ3v) is 3.97. The number of halogens is 2. The van der Waals surface area contributed by atoms with Crippen LogP contribution in [0.4, 0.5) is 5.82 Å². The zero-order valence-corrected chi connectivity index (χ0v) is 13.1. The fourth-order valence-electron chi connectivity index (χ4n) is 2.21. The second-order valence-electron chi connectivity index (χ2n) is 4.77. The van der Waals surface area contributed by atoms with Crippen LogP contribution >= 0.6 is 23.2 Å². The van der Waals surface area contributed by atoms with E-state index in [0.29, 0.717) is 10.8 Å². The van der Waals surface area contributed by atoms with E-state index in [4.69, 9.17) is 23.2 Å². The van der Waals surface area contributed by atoms with Crippen LogP contribution in [-0.4, -0.2) is 17.0 Å². The summed E-state index contributed by atoms with van der Waals surface area (Å²) in [6, 6.07) is 11.3. The smallest absolute Gasteiger partial charge is 0.162 e. The number of hydrogen-bond acceptors (Lipinski definition) is 3. The summed E-state index contributed by atoms with van der Waals surface area (Å²) in [5, 5.41) is 5.43. The van der Waals surface area contributed by atoms with Gasteiger partial charge in [-0.05, 0) is 48.9 Å². The Morgan fingerprint density at radius 1 is 1.00 bits per heavy atom. The molecule has 3 rings (SSSR count). The Kier molecular flexibility index (Phi) is 3.70. The SMILES string of the molecule is CNc1nc(-c2ccc(Cl)c(C)c2)nc2cc(Cl)ccc12. The maximum absolute atomic E-state index is 6.07. The molecule has 0 saturated carbocycles. The first-order chi connectivity index (χ1) is 10.1. The summed E-state index contributed by atoms with van der Waals surface area (Å²) in [5.41, 5.74) is 2.73. The highest BCUT2D eigenvalue weighted by Gasteiger charge is 2.10. The molecular weight excluding hydrogens is 305 g/mol. The quantitative estimate of drug-likeness (QED) is 0.726. The highest BCUT2D eigenvalue weighted by atomic mass is 35.5.